The number of para-hydroxylation sites is 1. The van der Waals surface area contributed by atoms with Crippen molar-refractivity contribution < 1.29 is 4.74 Å². The quantitative estimate of drug-likeness (QED) is 0.792. The lowest BCUT2D eigenvalue weighted by Crippen LogP contribution is -2.03. The van der Waals surface area contributed by atoms with E-state index in [-0.39, 0.29) is 6.61 Å². The molecule has 78 valence electrons. The average Bonchev–Trinajstić information content (AvgIpc) is 2.28. The highest BCUT2D eigenvalue weighted by molar-refractivity contribution is 5.57. The molecule has 1 aromatic carbocycles. The first kappa shape index (κ1) is 11.3. The summed E-state index contributed by atoms with van der Waals surface area (Å²) in [5.74, 6) is 0.742. The summed E-state index contributed by atoms with van der Waals surface area (Å²) in [5.41, 5.74) is 0.989. The molecule has 0 bridgehead atoms. The SMILES string of the molecule is CNCC=Cc1ccccc1OCC#N. The second-order valence-corrected chi connectivity index (χ2v) is 2.94. The van der Waals surface area contributed by atoms with Crippen LogP contribution in [0.25, 0.3) is 6.08 Å². The molecule has 0 fully saturated rings. The maximum absolute atomic E-state index is 8.43. The summed E-state index contributed by atoms with van der Waals surface area (Å²) < 4.78 is 5.28. The van der Waals surface area contributed by atoms with Gasteiger partial charge in [-0.1, -0.05) is 30.4 Å². The summed E-state index contributed by atoms with van der Waals surface area (Å²) >= 11 is 0. The smallest absolute Gasteiger partial charge is 0.174 e. The zero-order chi connectivity index (χ0) is 10.9. The van der Waals surface area contributed by atoms with Crippen LogP contribution in [0.5, 0.6) is 5.75 Å². The second kappa shape index (κ2) is 6.63. The Morgan fingerprint density at radius 1 is 1.47 bits per heavy atom. The summed E-state index contributed by atoms with van der Waals surface area (Å²) in [6.45, 7) is 0.892. The van der Waals surface area contributed by atoms with Crippen molar-refractivity contribution in [3.63, 3.8) is 0 Å². The van der Waals surface area contributed by atoms with E-state index in [4.69, 9.17) is 10.00 Å². The molecule has 0 heterocycles. The Kier molecular flexibility index (Phi) is 4.99. The first-order valence-corrected chi connectivity index (χ1v) is 4.78. The maximum Gasteiger partial charge on any atom is 0.174 e. The van der Waals surface area contributed by atoms with E-state index in [9.17, 15) is 0 Å². The predicted molar refractivity (Wildman–Crippen MR) is 60.5 cm³/mol. The minimum Gasteiger partial charge on any atom is -0.478 e. The number of nitrogens with one attached hydrogen (secondary N) is 1. The lowest BCUT2D eigenvalue weighted by atomic mass is 10.2. The molecule has 0 unspecified atom stereocenters. The molecule has 15 heavy (non-hydrogen) atoms. The fourth-order valence-corrected chi connectivity index (χ4v) is 1.16. The Balaban J connectivity index is 2.73. The van der Waals surface area contributed by atoms with Gasteiger partial charge >= 0.3 is 0 Å². The monoisotopic (exact) mass is 202 g/mol. The van der Waals surface area contributed by atoms with Gasteiger partial charge in [-0.3, -0.25) is 0 Å². The lowest BCUT2D eigenvalue weighted by Gasteiger charge is -2.04. The van der Waals surface area contributed by atoms with Crippen LogP contribution in [0.1, 0.15) is 5.56 Å². The third-order valence-corrected chi connectivity index (χ3v) is 1.83. The molecule has 0 atom stereocenters. The van der Waals surface area contributed by atoms with Crippen LogP contribution in [-0.4, -0.2) is 20.2 Å². The van der Waals surface area contributed by atoms with Crippen molar-refractivity contribution in [2.45, 2.75) is 0 Å². The largest absolute Gasteiger partial charge is 0.478 e. The van der Waals surface area contributed by atoms with E-state index in [1.54, 1.807) is 0 Å². The molecule has 0 radical (unpaired) electrons. The van der Waals surface area contributed by atoms with Gasteiger partial charge in [0.2, 0.25) is 0 Å². The van der Waals surface area contributed by atoms with Gasteiger partial charge in [0.25, 0.3) is 0 Å². The molecule has 3 nitrogen and oxygen atoms in total. The van der Waals surface area contributed by atoms with Crippen LogP contribution in [-0.2, 0) is 0 Å². The third kappa shape index (κ3) is 3.84. The zero-order valence-corrected chi connectivity index (χ0v) is 8.73. The van der Waals surface area contributed by atoms with Gasteiger partial charge in [0.15, 0.2) is 6.61 Å². The minimum atomic E-state index is 0.0802. The molecule has 0 amide bonds. The molecular weight excluding hydrogens is 188 g/mol. The molecule has 1 rings (SSSR count). The number of likely N-dealkylation sites (N-methyl/N-ethyl adjacent to an activating group) is 1. The number of rotatable bonds is 5. The second-order valence-electron chi connectivity index (χ2n) is 2.94. The van der Waals surface area contributed by atoms with Crippen molar-refractivity contribution in [2.24, 2.45) is 0 Å². The highest BCUT2D eigenvalue weighted by Gasteiger charge is 1.97. The fourth-order valence-electron chi connectivity index (χ4n) is 1.16. The van der Waals surface area contributed by atoms with E-state index >= 15 is 0 Å². The van der Waals surface area contributed by atoms with Crippen molar-refractivity contribution in [1.82, 2.24) is 5.32 Å². The van der Waals surface area contributed by atoms with Crippen molar-refractivity contribution in [2.75, 3.05) is 20.2 Å². The molecule has 0 aliphatic rings. The molecule has 0 saturated heterocycles. The van der Waals surface area contributed by atoms with Gasteiger partial charge in [-0.2, -0.15) is 5.26 Å². The standard InChI is InChI=1S/C12H14N2O/c1-14-9-4-6-11-5-2-3-7-12(11)15-10-8-13/h2-7,14H,9-10H2,1H3. The van der Waals surface area contributed by atoms with Crippen molar-refractivity contribution >= 4 is 6.08 Å². The first-order chi connectivity index (χ1) is 7.38. The van der Waals surface area contributed by atoms with E-state index in [1.807, 2.05) is 49.5 Å². The summed E-state index contributed by atoms with van der Waals surface area (Å²) in [6.07, 6.45) is 3.98. The van der Waals surface area contributed by atoms with Crippen LogP contribution in [0.2, 0.25) is 0 Å². The number of ether oxygens (including phenoxy) is 1. The van der Waals surface area contributed by atoms with Crippen LogP contribution in [0.3, 0.4) is 0 Å². The van der Waals surface area contributed by atoms with Crippen molar-refractivity contribution in [3.8, 4) is 11.8 Å². The van der Waals surface area contributed by atoms with Gasteiger partial charge in [0.05, 0.1) is 0 Å². The summed E-state index contributed by atoms with van der Waals surface area (Å²) in [6, 6.07) is 9.60. The fraction of sp³-hybridized carbons (Fsp3) is 0.250. The van der Waals surface area contributed by atoms with Crippen molar-refractivity contribution in [3.05, 3.63) is 35.9 Å². The Bertz CT molecular complexity index is 366. The van der Waals surface area contributed by atoms with Gasteiger partial charge < -0.3 is 10.1 Å². The molecular formula is C12H14N2O. The highest BCUT2D eigenvalue weighted by Crippen LogP contribution is 2.18. The third-order valence-electron chi connectivity index (χ3n) is 1.83. The van der Waals surface area contributed by atoms with E-state index in [0.29, 0.717) is 0 Å². The lowest BCUT2D eigenvalue weighted by molar-refractivity contribution is 0.367. The van der Waals surface area contributed by atoms with Gasteiger partial charge in [-0.05, 0) is 13.1 Å². The van der Waals surface area contributed by atoms with Crippen LogP contribution in [0.4, 0.5) is 0 Å². The maximum atomic E-state index is 8.43. The number of hydrogen-bond acceptors (Lipinski definition) is 3. The molecule has 3 heteroatoms. The summed E-state index contributed by atoms with van der Waals surface area (Å²) in [7, 11) is 1.89. The summed E-state index contributed by atoms with van der Waals surface area (Å²) in [5, 5.41) is 11.5. The van der Waals surface area contributed by atoms with Gasteiger partial charge in [-0.25, -0.2) is 0 Å². The van der Waals surface area contributed by atoms with E-state index in [2.05, 4.69) is 5.32 Å². The van der Waals surface area contributed by atoms with E-state index in [0.717, 1.165) is 17.9 Å². The van der Waals surface area contributed by atoms with Gasteiger partial charge in [0, 0.05) is 12.1 Å². The van der Waals surface area contributed by atoms with Gasteiger partial charge in [-0.15, -0.1) is 0 Å². The molecule has 0 aromatic heterocycles. The number of benzene rings is 1. The van der Waals surface area contributed by atoms with Crippen LogP contribution >= 0.6 is 0 Å². The molecule has 1 N–H and O–H groups in total. The predicted octanol–water partition coefficient (Wildman–Crippen LogP) is 1.82. The van der Waals surface area contributed by atoms with Gasteiger partial charge in [0.1, 0.15) is 11.8 Å². The average molecular weight is 202 g/mol. The number of nitriles is 1. The molecule has 0 aliphatic heterocycles. The molecule has 0 aliphatic carbocycles. The molecule has 0 saturated carbocycles. The Hall–Kier alpha value is -1.79. The minimum absolute atomic E-state index is 0.0802. The number of hydrogen-bond donors (Lipinski definition) is 1. The number of nitrogens with zero attached hydrogens (tertiary/aromatic N) is 1. The topological polar surface area (TPSA) is 45.0 Å². The molecule has 1 aromatic rings. The highest BCUT2D eigenvalue weighted by atomic mass is 16.5. The Labute approximate surface area is 90.0 Å². The van der Waals surface area contributed by atoms with Crippen LogP contribution in [0.15, 0.2) is 30.3 Å². The molecule has 0 spiro atoms. The summed E-state index contributed by atoms with van der Waals surface area (Å²) in [4.78, 5) is 0. The zero-order valence-electron chi connectivity index (χ0n) is 8.73. The first-order valence-electron chi connectivity index (χ1n) is 4.78. The van der Waals surface area contributed by atoms with Crippen LogP contribution < -0.4 is 10.1 Å². The Morgan fingerprint density at radius 2 is 2.27 bits per heavy atom. The normalized spacial score (nSPS) is 10.1. The van der Waals surface area contributed by atoms with E-state index < -0.39 is 0 Å². The van der Waals surface area contributed by atoms with Crippen molar-refractivity contribution in [1.29, 1.82) is 5.26 Å². The van der Waals surface area contributed by atoms with Crippen LogP contribution in [0, 0.1) is 11.3 Å². The van der Waals surface area contributed by atoms with E-state index in [1.165, 1.54) is 0 Å². The Morgan fingerprint density at radius 3 is 3.00 bits per heavy atom.